The van der Waals surface area contributed by atoms with Crippen molar-refractivity contribution in [2.24, 2.45) is 0 Å². The number of hydrogen-bond acceptors (Lipinski definition) is 2. The molecule has 0 N–H and O–H groups in total. The van der Waals surface area contributed by atoms with Gasteiger partial charge in [-0.3, -0.25) is 0 Å². The minimum absolute atomic E-state index is 0.968. The normalized spacial score (nSPS) is 10.4. The minimum atomic E-state index is 0.968. The van der Waals surface area contributed by atoms with E-state index in [1.165, 1.54) is 20.2 Å². The first-order valence-electron chi connectivity index (χ1n) is 4.71. The lowest BCUT2D eigenvalue weighted by atomic mass is 10.2. The number of rotatable bonds is 0. The van der Waals surface area contributed by atoms with Crippen LogP contribution in [-0.2, 0) is 0 Å². The van der Waals surface area contributed by atoms with Gasteiger partial charge in [-0.05, 0) is 24.3 Å². The molecule has 0 aliphatic carbocycles. The topological polar surface area (TPSA) is 0 Å². The summed E-state index contributed by atoms with van der Waals surface area (Å²) < 4.78 is 2.45. The smallest absolute Gasteiger partial charge is 0.0778 e. The maximum Gasteiger partial charge on any atom is 0.0778 e. The van der Waals surface area contributed by atoms with E-state index in [1.807, 2.05) is 0 Å². The van der Waals surface area contributed by atoms with Crippen LogP contribution in [0, 0.1) is 24.7 Å². The summed E-state index contributed by atoms with van der Waals surface area (Å²) >= 11 is 3.29. The van der Waals surface area contributed by atoms with Crippen LogP contribution in [0.2, 0.25) is 0 Å². The molecule has 0 unspecified atom stereocenters. The molecule has 2 heteroatoms. The Morgan fingerprint density at radius 2 is 1.25 bits per heavy atom. The Labute approximate surface area is 102 Å². The lowest BCUT2D eigenvalue weighted by Gasteiger charge is -1.90. The fourth-order valence-electron chi connectivity index (χ4n) is 1.77. The number of hydrogen-bond donors (Lipinski definition) is 0. The van der Waals surface area contributed by atoms with Crippen LogP contribution < -0.4 is 0 Å². The largest absolute Gasteiger partial charge is 0.127 e. The first kappa shape index (κ1) is 9.48. The van der Waals surface area contributed by atoms with E-state index in [4.69, 9.17) is 12.8 Å². The molecule has 0 aliphatic heterocycles. The maximum absolute atomic E-state index is 5.42. The number of terminal acetylenes is 2. The van der Waals surface area contributed by atoms with Crippen LogP contribution >= 0.6 is 22.7 Å². The minimum Gasteiger partial charge on any atom is -0.127 e. The third-order valence-corrected chi connectivity index (χ3v) is 4.55. The Morgan fingerprint density at radius 3 is 1.62 bits per heavy atom. The fourth-order valence-corrected chi connectivity index (χ4v) is 3.55. The molecule has 2 heterocycles. The lowest BCUT2D eigenvalue weighted by molar-refractivity contribution is 1.97. The molecule has 0 atom stereocenters. The molecule has 0 spiro atoms. The first-order valence-corrected chi connectivity index (χ1v) is 6.34. The van der Waals surface area contributed by atoms with E-state index < -0.39 is 0 Å². The number of fused-ring (bicyclic) bond motifs is 3. The van der Waals surface area contributed by atoms with Crippen molar-refractivity contribution >= 4 is 42.8 Å². The van der Waals surface area contributed by atoms with Crippen LogP contribution in [-0.4, -0.2) is 0 Å². The van der Waals surface area contributed by atoms with Gasteiger partial charge in [-0.25, -0.2) is 0 Å². The van der Waals surface area contributed by atoms with E-state index in [1.54, 1.807) is 22.7 Å². The molecular formula is C14H6S2. The third-order valence-electron chi connectivity index (χ3n) is 2.48. The Hall–Kier alpha value is -1.74. The fraction of sp³-hybridized carbons (Fsp3) is 0. The molecule has 1 aromatic carbocycles. The van der Waals surface area contributed by atoms with Gasteiger partial charge in [0.2, 0.25) is 0 Å². The second-order valence-electron chi connectivity index (χ2n) is 3.40. The number of benzene rings is 1. The van der Waals surface area contributed by atoms with Crippen LogP contribution in [0.25, 0.3) is 20.2 Å². The highest BCUT2D eigenvalue weighted by molar-refractivity contribution is 7.21. The van der Waals surface area contributed by atoms with E-state index >= 15 is 0 Å². The van der Waals surface area contributed by atoms with E-state index in [9.17, 15) is 0 Å². The Kier molecular flexibility index (Phi) is 2.01. The van der Waals surface area contributed by atoms with Crippen LogP contribution in [0.1, 0.15) is 9.75 Å². The predicted molar refractivity (Wildman–Crippen MR) is 73.1 cm³/mol. The van der Waals surface area contributed by atoms with E-state index in [0.29, 0.717) is 0 Å². The van der Waals surface area contributed by atoms with Gasteiger partial charge in [0, 0.05) is 20.2 Å². The highest BCUT2D eigenvalue weighted by Gasteiger charge is 2.07. The average molecular weight is 238 g/mol. The van der Waals surface area contributed by atoms with Crippen molar-refractivity contribution in [3.63, 3.8) is 0 Å². The highest BCUT2D eigenvalue weighted by atomic mass is 32.1. The molecule has 0 nitrogen and oxygen atoms in total. The summed E-state index contributed by atoms with van der Waals surface area (Å²) in [6.45, 7) is 0. The summed E-state index contributed by atoms with van der Waals surface area (Å²) in [6.07, 6.45) is 10.8. The Bertz CT molecular complexity index is 705. The van der Waals surface area contributed by atoms with E-state index in [-0.39, 0.29) is 0 Å². The van der Waals surface area contributed by atoms with Crippen LogP contribution in [0.15, 0.2) is 24.3 Å². The first-order chi connectivity index (χ1) is 7.81. The van der Waals surface area contributed by atoms with Crippen molar-refractivity contribution in [3.05, 3.63) is 34.0 Å². The monoisotopic (exact) mass is 238 g/mol. The standard InChI is InChI=1S/C14H6S2/c1-3-9-7-11-12-8-10(4-2)16-14(12)6-5-13(11)15-9/h1-2,5-8H. The Balaban J connectivity index is 2.49. The highest BCUT2D eigenvalue weighted by Crippen LogP contribution is 2.35. The van der Waals surface area contributed by atoms with Crippen molar-refractivity contribution in [3.8, 4) is 24.7 Å². The molecule has 0 bridgehead atoms. The third kappa shape index (κ3) is 1.25. The van der Waals surface area contributed by atoms with Gasteiger partial charge in [0.1, 0.15) is 0 Å². The molecule has 0 radical (unpaired) electrons. The predicted octanol–water partition coefficient (Wildman–Crippen LogP) is 4.08. The molecule has 0 saturated heterocycles. The summed E-state index contributed by atoms with van der Waals surface area (Å²) in [5, 5.41) is 2.43. The molecule has 0 aliphatic rings. The average Bonchev–Trinajstić information content (AvgIpc) is 2.90. The van der Waals surface area contributed by atoms with Crippen LogP contribution in [0.4, 0.5) is 0 Å². The van der Waals surface area contributed by atoms with Crippen molar-refractivity contribution < 1.29 is 0 Å². The van der Waals surface area contributed by atoms with Crippen molar-refractivity contribution in [1.29, 1.82) is 0 Å². The molecule has 3 aromatic rings. The van der Waals surface area contributed by atoms with Gasteiger partial charge >= 0.3 is 0 Å². The molecule has 74 valence electrons. The summed E-state index contributed by atoms with van der Waals surface area (Å²) in [5.74, 6) is 5.37. The van der Waals surface area contributed by atoms with Gasteiger partial charge in [-0.15, -0.1) is 35.5 Å². The summed E-state index contributed by atoms with van der Waals surface area (Å²) in [7, 11) is 0. The van der Waals surface area contributed by atoms with Crippen molar-refractivity contribution in [1.82, 2.24) is 0 Å². The molecule has 0 fully saturated rings. The second kappa shape index (κ2) is 3.39. The zero-order valence-electron chi connectivity index (χ0n) is 8.28. The van der Waals surface area contributed by atoms with E-state index in [0.717, 1.165) is 9.75 Å². The summed E-state index contributed by atoms with van der Waals surface area (Å²) in [4.78, 5) is 1.94. The second-order valence-corrected chi connectivity index (χ2v) is 5.57. The molecule has 0 amide bonds. The quantitative estimate of drug-likeness (QED) is 0.518. The van der Waals surface area contributed by atoms with Crippen LogP contribution in [0.5, 0.6) is 0 Å². The van der Waals surface area contributed by atoms with Gasteiger partial charge in [0.25, 0.3) is 0 Å². The molecule has 2 aromatic heterocycles. The van der Waals surface area contributed by atoms with Gasteiger partial charge in [-0.2, -0.15) is 0 Å². The van der Waals surface area contributed by atoms with Crippen molar-refractivity contribution in [2.75, 3.05) is 0 Å². The molecule has 3 rings (SSSR count). The molecule has 0 saturated carbocycles. The molecular weight excluding hydrogens is 232 g/mol. The van der Waals surface area contributed by atoms with Gasteiger partial charge in [-0.1, -0.05) is 11.8 Å². The van der Waals surface area contributed by atoms with E-state index in [2.05, 4.69) is 36.1 Å². The Morgan fingerprint density at radius 1 is 0.812 bits per heavy atom. The van der Waals surface area contributed by atoms with Gasteiger partial charge in [0.15, 0.2) is 0 Å². The zero-order chi connectivity index (χ0) is 11.1. The van der Waals surface area contributed by atoms with Crippen molar-refractivity contribution in [2.45, 2.75) is 0 Å². The summed E-state index contributed by atoms with van der Waals surface area (Å²) in [5.41, 5.74) is 0. The maximum atomic E-state index is 5.42. The van der Waals surface area contributed by atoms with Gasteiger partial charge < -0.3 is 0 Å². The SMILES string of the molecule is C#Cc1cc2c(ccc3sc(C#C)cc32)s1. The van der Waals surface area contributed by atoms with Gasteiger partial charge in [0.05, 0.1) is 9.75 Å². The zero-order valence-corrected chi connectivity index (χ0v) is 9.91. The molecule has 16 heavy (non-hydrogen) atoms. The number of thiophene rings is 2. The van der Waals surface area contributed by atoms with Crippen LogP contribution in [0.3, 0.4) is 0 Å². The lowest BCUT2D eigenvalue weighted by Crippen LogP contribution is -1.63. The summed E-state index contributed by atoms with van der Waals surface area (Å²) in [6, 6.07) is 8.35.